The quantitative estimate of drug-likeness (QED) is 0.594. The summed E-state index contributed by atoms with van der Waals surface area (Å²) in [6.45, 7) is 4.67. The fraction of sp³-hybridized carbons (Fsp3) is 0.278. The molecule has 0 aliphatic carbocycles. The van der Waals surface area contributed by atoms with Gasteiger partial charge in [-0.3, -0.25) is 4.79 Å². The Labute approximate surface area is 149 Å². The van der Waals surface area contributed by atoms with E-state index in [1.165, 1.54) is 0 Å². The van der Waals surface area contributed by atoms with Gasteiger partial charge in [0.25, 0.3) is 5.91 Å². The number of nitrogens with zero attached hydrogens (tertiary/aromatic N) is 6. The van der Waals surface area contributed by atoms with Crippen molar-refractivity contribution in [2.24, 2.45) is 5.92 Å². The molecule has 0 saturated heterocycles. The van der Waals surface area contributed by atoms with Crippen LogP contribution in [0.5, 0.6) is 0 Å². The summed E-state index contributed by atoms with van der Waals surface area (Å²) in [4.78, 5) is 16.9. The average molecular weight is 349 g/mol. The Kier molecular flexibility index (Phi) is 4.08. The van der Waals surface area contributed by atoms with E-state index in [1.54, 1.807) is 29.0 Å². The monoisotopic (exact) mass is 349 g/mol. The van der Waals surface area contributed by atoms with Crippen LogP contribution in [0.3, 0.4) is 0 Å². The number of rotatable bonds is 5. The van der Waals surface area contributed by atoms with Gasteiger partial charge in [0, 0.05) is 18.5 Å². The van der Waals surface area contributed by atoms with Gasteiger partial charge in [-0.2, -0.15) is 5.10 Å². The molecule has 132 valence electrons. The van der Waals surface area contributed by atoms with Crippen molar-refractivity contribution in [1.82, 2.24) is 34.9 Å². The Morgan fingerprint density at radius 1 is 1.23 bits per heavy atom. The highest BCUT2D eigenvalue weighted by atomic mass is 16.2. The van der Waals surface area contributed by atoms with Gasteiger partial charge in [-0.15, -0.1) is 5.10 Å². The minimum Gasteiger partial charge on any atom is -0.346 e. The van der Waals surface area contributed by atoms with Crippen LogP contribution in [0.1, 0.15) is 24.3 Å². The van der Waals surface area contributed by atoms with Crippen molar-refractivity contribution in [3.05, 3.63) is 54.5 Å². The fourth-order valence-corrected chi connectivity index (χ4v) is 2.85. The maximum absolute atomic E-state index is 12.7. The third kappa shape index (κ3) is 3.01. The average Bonchev–Trinajstić information content (AvgIpc) is 3.25. The molecule has 1 amide bonds. The zero-order valence-corrected chi connectivity index (χ0v) is 14.6. The molecule has 0 spiro atoms. The number of aromatic nitrogens is 6. The predicted molar refractivity (Wildman–Crippen MR) is 96.6 cm³/mol. The summed E-state index contributed by atoms with van der Waals surface area (Å²) >= 11 is 0. The SMILES string of the molecule is CC(C)[C@@H](Cn1nnc2ccccc21)NC(=O)c1cc2ncccn2n1. The summed E-state index contributed by atoms with van der Waals surface area (Å²) in [6.07, 6.45) is 3.44. The van der Waals surface area contributed by atoms with E-state index in [9.17, 15) is 4.79 Å². The van der Waals surface area contributed by atoms with Crippen molar-refractivity contribution in [3.63, 3.8) is 0 Å². The van der Waals surface area contributed by atoms with E-state index in [0.717, 1.165) is 11.0 Å². The Hall–Kier alpha value is -3.29. The lowest BCUT2D eigenvalue weighted by Gasteiger charge is -2.22. The molecule has 4 aromatic rings. The largest absolute Gasteiger partial charge is 0.346 e. The molecule has 0 fully saturated rings. The van der Waals surface area contributed by atoms with Gasteiger partial charge in [-0.1, -0.05) is 31.2 Å². The van der Waals surface area contributed by atoms with Crippen LogP contribution in [0.15, 0.2) is 48.8 Å². The third-order valence-corrected chi connectivity index (χ3v) is 4.38. The van der Waals surface area contributed by atoms with Crippen LogP contribution in [0.25, 0.3) is 16.7 Å². The molecule has 0 aliphatic heterocycles. The van der Waals surface area contributed by atoms with Gasteiger partial charge in [0.2, 0.25) is 0 Å². The number of fused-ring (bicyclic) bond motifs is 2. The minimum atomic E-state index is -0.223. The van der Waals surface area contributed by atoms with Crippen molar-refractivity contribution in [1.29, 1.82) is 0 Å². The highest BCUT2D eigenvalue weighted by Gasteiger charge is 2.21. The Morgan fingerprint density at radius 3 is 2.88 bits per heavy atom. The molecule has 3 aromatic heterocycles. The summed E-state index contributed by atoms with van der Waals surface area (Å²) in [5.74, 6) is -0.00399. The molecule has 26 heavy (non-hydrogen) atoms. The number of amides is 1. The molecular weight excluding hydrogens is 330 g/mol. The van der Waals surface area contributed by atoms with Crippen molar-refractivity contribution < 1.29 is 4.79 Å². The van der Waals surface area contributed by atoms with Crippen LogP contribution in [0, 0.1) is 5.92 Å². The van der Waals surface area contributed by atoms with E-state index in [0.29, 0.717) is 17.9 Å². The van der Waals surface area contributed by atoms with Gasteiger partial charge in [0.15, 0.2) is 11.3 Å². The van der Waals surface area contributed by atoms with Gasteiger partial charge in [0.1, 0.15) is 5.52 Å². The van der Waals surface area contributed by atoms with E-state index in [-0.39, 0.29) is 17.9 Å². The van der Waals surface area contributed by atoms with Crippen molar-refractivity contribution in [3.8, 4) is 0 Å². The second-order valence-corrected chi connectivity index (χ2v) is 6.54. The second kappa shape index (κ2) is 6.55. The fourth-order valence-electron chi connectivity index (χ4n) is 2.85. The van der Waals surface area contributed by atoms with Gasteiger partial charge in [-0.05, 0) is 24.1 Å². The number of hydrogen-bond donors (Lipinski definition) is 1. The summed E-state index contributed by atoms with van der Waals surface area (Å²) in [6, 6.07) is 11.1. The highest BCUT2D eigenvalue weighted by molar-refractivity contribution is 5.93. The predicted octanol–water partition coefficient (Wildman–Crippen LogP) is 1.93. The molecule has 1 atom stereocenters. The lowest BCUT2D eigenvalue weighted by atomic mass is 10.0. The van der Waals surface area contributed by atoms with Gasteiger partial charge in [-0.25, -0.2) is 14.2 Å². The van der Waals surface area contributed by atoms with Crippen molar-refractivity contribution in [2.75, 3.05) is 0 Å². The topological polar surface area (TPSA) is 90.0 Å². The van der Waals surface area contributed by atoms with Gasteiger partial charge < -0.3 is 5.32 Å². The maximum atomic E-state index is 12.7. The number of benzene rings is 1. The molecule has 4 rings (SSSR count). The van der Waals surface area contributed by atoms with Crippen molar-refractivity contribution >= 4 is 22.6 Å². The molecule has 8 heteroatoms. The standard InChI is InChI=1S/C18H19N7O/c1-12(2)15(11-25-16-7-4-3-6-13(16)21-23-25)20-18(26)14-10-17-19-8-5-9-24(17)22-14/h3-10,12,15H,11H2,1-2H3,(H,20,26)/t15-/m1/s1. The van der Waals surface area contributed by atoms with E-state index in [1.807, 2.05) is 28.9 Å². The molecule has 3 heterocycles. The summed E-state index contributed by atoms with van der Waals surface area (Å²) in [7, 11) is 0. The Morgan fingerprint density at radius 2 is 2.08 bits per heavy atom. The number of hydrogen-bond acceptors (Lipinski definition) is 5. The van der Waals surface area contributed by atoms with Crippen LogP contribution in [-0.4, -0.2) is 41.5 Å². The molecule has 8 nitrogen and oxygen atoms in total. The van der Waals surface area contributed by atoms with Crippen LogP contribution in [-0.2, 0) is 6.54 Å². The molecule has 1 aromatic carbocycles. The summed E-state index contributed by atoms with van der Waals surface area (Å²) in [5, 5.41) is 15.7. The number of carbonyl (C=O) groups is 1. The third-order valence-electron chi connectivity index (χ3n) is 4.38. The first-order valence-corrected chi connectivity index (χ1v) is 8.51. The zero-order chi connectivity index (χ0) is 18.1. The van der Waals surface area contributed by atoms with Crippen LogP contribution in [0.4, 0.5) is 0 Å². The lowest BCUT2D eigenvalue weighted by Crippen LogP contribution is -2.42. The van der Waals surface area contributed by atoms with Gasteiger partial charge >= 0.3 is 0 Å². The first-order chi connectivity index (χ1) is 12.6. The highest BCUT2D eigenvalue weighted by Crippen LogP contribution is 2.13. The second-order valence-electron chi connectivity index (χ2n) is 6.54. The molecule has 1 N–H and O–H groups in total. The van der Waals surface area contributed by atoms with Crippen LogP contribution in [0.2, 0.25) is 0 Å². The summed E-state index contributed by atoms with van der Waals surface area (Å²) < 4.78 is 3.41. The molecule has 0 radical (unpaired) electrons. The van der Waals surface area contributed by atoms with Crippen molar-refractivity contribution in [2.45, 2.75) is 26.4 Å². The van der Waals surface area contributed by atoms with E-state index in [4.69, 9.17) is 0 Å². The Bertz CT molecular complexity index is 1030. The Balaban J connectivity index is 1.55. The minimum absolute atomic E-state index is 0.106. The summed E-state index contributed by atoms with van der Waals surface area (Å²) in [5.41, 5.74) is 2.77. The molecule has 0 aliphatic rings. The maximum Gasteiger partial charge on any atom is 0.272 e. The zero-order valence-electron chi connectivity index (χ0n) is 14.6. The normalized spacial score (nSPS) is 12.7. The number of nitrogens with one attached hydrogen (secondary N) is 1. The molecule has 0 unspecified atom stereocenters. The van der Waals surface area contributed by atoms with E-state index < -0.39 is 0 Å². The first-order valence-electron chi connectivity index (χ1n) is 8.51. The van der Waals surface area contributed by atoms with Crippen LogP contribution < -0.4 is 5.32 Å². The smallest absolute Gasteiger partial charge is 0.272 e. The van der Waals surface area contributed by atoms with Gasteiger partial charge in [0.05, 0.1) is 18.1 Å². The van der Waals surface area contributed by atoms with Crippen LogP contribution >= 0.6 is 0 Å². The first kappa shape index (κ1) is 16.2. The molecule has 0 bridgehead atoms. The molecular formula is C18H19N7O. The number of carbonyl (C=O) groups excluding carboxylic acids is 1. The number of para-hydroxylation sites is 1. The lowest BCUT2D eigenvalue weighted by molar-refractivity contribution is 0.0914. The molecule has 0 saturated carbocycles. The van der Waals surface area contributed by atoms with E-state index in [2.05, 4.69) is 39.6 Å². The van der Waals surface area contributed by atoms with E-state index >= 15 is 0 Å².